The van der Waals surface area contributed by atoms with Crippen molar-refractivity contribution < 1.29 is 17.6 Å². The fourth-order valence-corrected chi connectivity index (χ4v) is 5.85. The van der Waals surface area contributed by atoms with Crippen molar-refractivity contribution in [3.63, 3.8) is 0 Å². The number of carbonyl (C=O) groups excluding carboxylic acids is 1. The van der Waals surface area contributed by atoms with Crippen LogP contribution >= 0.6 is 0 Å². The summed E-state index contributed by atoms with van der Waals surface area (Å²) in [5, 5.41) is 3.15. The summed E-state index contributed by atoms with van der Waals surface area (Å²) in [5.41, 5.74) is 2.44. The van der Waals surface area contributed by atoms with Gasteiger partial charge in [0.1, 0.15) is 5.82 Å². The van der Waals surface area contributed by atoms with E-state index in [-0.39, 0.29) is 29.3 Å². The van der Waals surface area contributed by atoms with Crippen LogP contribution in [0.4, 0.5) is 4.39 Å². The molecule has 4 rings (SSSR count). The largest absolute Gasteiger partial charge is 0.349 e. The minimum absolute atomic E-state index is 0.0171. The number of carbonyl (C=O) groups is 1. The van der Waals surface area contributed by atoms with E-state index in [0.29, 0.717) is 19.4 Å². The molecule has 2 aliphatic rings. The zero-order valence-corrected chi connectivity index (χ0v) is 17.0. The van der Waals surface area contributed by atoms with E-state index in [2.05, 4.69) is 17.4 Å². The van der Waals surface area contributed by atoms with Gasteiger partial charge in [-0.1, -0.05) is 24.3 Å². The fraction of sp³-hybridized carbons (Fsp3) is 0.409. The van der Waals surface area contributed by atoms with E-state index in [1.54, 1.807) is 0 Å². The van der Waals surface area contributed by atoms with Crippen LogP contribution in [0.15, 0.2) is 53.4 Å². The SMILES string of the molecule is O=C(NC1CCCc2ccccc21)C1CCCN(S(=O)(=O)c2ccc(F)cc2)C1. The first-order valence-electron chi connectivity index (χ1n) is 10.1. The number of fused-ring (bicyclic) bond motifs is 1. The van der Waals surface area contributed by atoms with Gasteiger partial charge in [-0.05, 0) is 67.5 Å². The van der Waals surface area contributed by atoms with Gasteiger partial charge >= 0.3 is 0 Å². The number of aryl methyl sites for hydroxylation is 1. The smallest absolute Gasteiger partial charge is 0.243 e. The van der Waals surface area contributed by atoms with Crippen molar-refractivity contribution in [2.75, 3.05) is 13.1 Å². The molecule has 0 saturated carbocycles. The molecule has 1 heterocycles. The summed E-state index contributed by atoms with van der Waals surface area (Å²) in [6, 6.07) is 13.0. The molecule has 1 saturated heterocycles. The Kier molecular flexibility index (Phi) is 5.69. The lowest BCUT2D eigenvalue weighted by atomic mass is 9.87. The van der Waals surface area contributed by atoms with Crippen LogP contribution in [0.2, 0.25) is 0 Å². The Balaban J connectivity index is 1.46. The van der Waals surface area contributed by atoms with Crippen molar-refractivity contribution in [2.45, 2.75) is 43.0 Å². The lowest BCUT2D eigenvalue weighted by molar-refractivity contribution is -0.127. The van der Waals surface area contributed by atoms with E-state index >= 15 is 0 Å². The van der Waals surface area contributed by atoms with Crippen LogP contribution in [0, 0.1) is 11.7 Å². The maximum atomic E-state index is 13.2. The molecule has 154 valence electrons. The Labute approximate surface area is 171 Å². The molecule has 2 aromatic rings. The number of hydrogen-bond acceptors (Lipinski definition) is 3. The van der Waals surface area contributed by atoms with Crippen LogP contribution in [0.1, 0.15) is 42.9 Å². The number of sulfonamides is 1. The topological polar surface area (TPSA) is 66.5 Å². The molecule has 1 N–H and O–H groups in total. The summed E-state index contributed by atoms with van der Waals surface area (Å²) >= 11 is 0. The third-order valence-electron chi connectivity index (χ3n) is 5.89. The average Bonchev–Trinajstić information content (AvgIpc) is 2.74. The molecule has 0 radical (unpaired) electrons. The van der Waals surface area contributed by atoms with E-state index in [9.17, 15) is 17.6 Å². The summed E-state index contributed by atoms with van der Waals surface area (Å²) in [6.45, 7) is 0.523. The summed E-state index contributed by atoms with van der Waals surface area (Å²) in [5.74, 6) is -0.952. The number of amides is 1. The Bertz CT molecular complexity index is 991. The highest BCUT2D eigenvalue weighted by atomic mass is 32.2. The normalized spacial score (nSPS) is 22.7. The van der Waals surface area contributed by atoms with Gasteiger partial charge in [-0.3, -0.25) is 4.79 Å². The first-order chi connectivity index (χ1) is 13.9. The zero-order chi connectivity index (χ0) is 20.4. The van der Waals surface area contributed by atoms with Gasteiger partial charge in [0.25, 0.3) is 0 Å². The van der Waals surface area contributed by atoms with Crippen molar-refractivity contribution in [1.82, 2.24) is 9.62 Å². The van der Waals surface area contributed by atoms with Gasteiger partial charge in [0.2, 0.25) is 15.9 Å². The van der Waals surface area contributed by atoms with E-state index in [0.717, 1.165) is 31.4 Å². The minimum atomic E-state index is -3.74. The average molecular weight is 417 g/mol. The summed E-state index contributed by atoms with van der Waals surface area (Å²) < 4.78 is 40.3. The third-order valence-corrected chi connectivity index (χ3v) is 7.77. The van der Waals surface area contributed by atoms with E-state index in [1.165, 1.54) is 27.6 Å². The van der Waals surface area contributed by atoms with E-state index < -0.39 is 15.8 Å². The predicted octanol–water partition coefficient (Wildman–Crippen LogP) is 3.42. The number of nitrogens with one attached hydrogen (secondary N) is 1. The summed E-state index contributed by atoms with van der Waals surface area (Å²) in [6.07, 6.45) is 4.23. The Hall–Kier alpha value is -2.25. The monoisotopic (exact) mass is 416 g/mol. The first kappa shape index (κ1) is 20.0. The number of benzene rings is 2. The standard InChI is InChI=1S/C22H25FN2O3S/c23-18-10-12-19(13-11-18)29(27,28)25-14-4-7-17(15-25)22(26)24-21-9-3-6-16-5-1-2-8-20(16)21/h1-2,5,8,10-13,17,21H,3-4,6-7,9,14-15H2,(H,24,26). The molecule has 0 aromatic heterocycles. The van der Waals surface area contributed by atoms with Gasteiger partial charge in [0, 0.05) is 13.1 Å². The molecule has 2 aromatic carbocycles. The lowest BCUT2D eigenvalue weighted by Crippen LogP contribution is -2.46. The summed E-state index contributed by atoms with van der Waals surface area (Å²) in [4.78, 5) is 13.0. The predicted molar refractivity (Wildman–Crippen MR) is 108 cm³/mol. The summed E-state index contributed by atoms with van der Waals surface area (Å²) in [7, 11) is -3.74. The molecular weight excluding hydrogens is 391 g/mol. The molecule has 0 bridgehead atoms. The van der Waals surface area contributed by atoms with Gasteiger partial charge < -0.3 is 5.32 Å². The van der Waals surface area contributed by atoms with Crippen LogP contribution in [0.5, 0.6) is 0 Å². The van der Waals surface area contributed by atoms with Crippen LogP contribution in [-0.2, 0) is 21.2 Å². The van der Waals surface area contributed by atoms with Crippen molar-refractivity contribution in [3.8, 4) is 0 Å². The fourth-order valence-electron chi connectivity index (χ4n) is 4.32. The van der Waals surface area contributed by atoms with Crippen molar-refractivity contribution >= 4 is 15.9 Å². The molecule has 1 fully saturated rings. The van der Waals surface area contributed by atoms with Crippen molar-refractivity contribution in [1.29, 1.82) is 0 Å². The highest BCUT2D eigenvalue weighted by molar-refractivity contribution is 7.89. The number of nitrogens with zero attached hydrogens (tertiary/aromatic N) is 1. The van der Waals surface area contributed by atoms with Crippen LogP contribution in [-0.4, -0.2) is 31.7 Å². The van der Waals surface area contributed by atoms with Crippen LogP contribution in [0.25, 0.3) is 0 Å². The highest BCUT2D eigenvalue weighted by Crippen LogP contribution is 2.31. The Morgan fingerprint density at radius 1 is 1.03 bits per heavy atom. The lowest BCUT2D eigenvalue weighted by Gasteiger charge is -2.33. The molecule has 2 atom stereocenters. The maximum absolute atomic E-state index is 13.2. The van der Waals surface area contributed by atoms with E-state index in [4.69, 9.17) is 0 Å². The van der Waals surface area contributed by atoms with Gasteiger partial charge in [0.15, 0.2) is 0 Å². The highest BCUT2D eigenvalue weighted by Gasteiger charge is 2.34. The number of rotatable bonds is 4. The minimum Gasteiger partial charge on any atom is -0.349 e. The van der Waals surface area contributed by atoms with Gasteiger partial charge in [0.05, 0.1) is 16.9 Å². The molecule has 29 heavy (non-hydrogen) atoms. The molecule has 0 spiro atoms. The Morgan fingerprint density at radius 3 is 2.59 bits per heavy atom. The van der Waals surface area contributed by atoms with Gasteiger partial charge in [-0.15, -0.1) is 0 Å². The molecule has 1 amide bonds. The van der Waals surface area contributed by atoms with Gasteiger partial charge in [-0.25, -0.2) is 12.8 Å². The number of piperidine rings is 1. The van der Waals surface area contributed by atoms with Crippen molar-refractivity contribution in [3.05, 3.63) is 65.5 Å². The molecule has 1 aliphatic carbocycles. The first-order valence-corrected chi connectivity index (χ1v) is 11.5. The van der Waals surface area contributed by atoms with Crippen molar-refractivity contribution in [2.24, 2.45) is 5.92 Å². The van der Waals surface area contributed by atoms with Crippen LogP contribution in [0.3, 0.4) is 0 Å². The van der Waals surface area contributed by atoms with Crippen LogP contribution < -0.4 is 5.32 Å². The molecule has 5 nitrogen and oxygen atoms in total. The van der Waals surface area contributed by atoms with Gasteiger partial charge in [-0.2, -0.15) is 4.31 Å². The third kappa shape index (κ3) is 4.21. The molecule has 2 unspecified atom stereocenters. The molecule has 7 heteroatoms. The quantitative estimate of drug-likeness (QED) is 0.831. The number of hydrogen-bond donors (Lipinski definition) is 1. The second-order valence-electron chi connectivity index (χ2n) is 7.81. The molecular formula is C22H25FN2O3S. The second kappa shape index (κ2) is 8.24. The zero-order valence-electron chi connectivity index (χ0n) is 16.2. The number of halogens is 1. The maximum Gasteiger partial charge on any atom is 0.243 e. The second-order valence-corrected chi connectivity index (χ2v) is 9.75. The Morgan fingerprint density at radius 2 is 1.79 bits per heavy atom. The molecule has 1 aliphatic heterocycles. The van der Waals surface area contributed by atoms with E-state index in [1.807, 2.05) is 12.1 Å².